The first-order valence-corrected chi connectivity index (χ1v) is 9.33. The van der Waals surface area contributed by atoms with Crippen LogP contribution in [-0.2, 0) is 6.54 Å². The van der Waals surface area contributed by atoms with Gasteiger partial charge in [-0.1, -0.05) is 51.8 Å². The van der Waals surface area contributed by atoms with E-state index < -0.39 is 0 Å². The molecule has 3 nitrogen and oxygen atoms in total. The molecular weight excluding hydrogens is 362 g/mol. The maximum atomic E-state index is 4.63. The number of rotatable bonds is 4. The molecule has 0 spiro atoms. The maximum Gasteiger partial charge on any atom is 0.103 e. The molecule has 24 heavy (non-hydrogen) atoms. The Kier molecular flexibility index (Phi) is 5.69. The highest BCUT2D eigenvalue weighted by Crippen LogP contribution is 2.10. The van der Waals surface area contributed by atoms with Gasteiger partial charge in [0.2, 0.25) is 0 Å². The van der Waals surface area contributed by atoms with Crippen molar-refractivity contribution < 1.29 is 4.90 Å². The molecule has 126 valence electrons. The minimum atomic E-state index is 1.02. The summed E-state index contributed by atoms with van der Waals surface area (Å²) in [7, 11) is 0. The fourth-order valence-corrected chi connectivity index (χ4v) is 3.38. The molecule has 1 fully saturated rings. The van der Waals surface area contributed by atoms with Crippen molar-refractivity contribution in [3.05, 3.63) is 69.2 Å². The Morgan fingerprint density at radius 1 is 1.08 bits per heavy atom. The lowest BCUT2D eigenvalue weighted by molar-refractivity contribution is -0.918. The van der Waals surface area contributed by atoms with Crippen LogP contribution in [0.4, 0.5) is 0 Å². The summed E-state index contributed by atoms with van der Waals surface area (Å²) in [6.07, 6.45) is 1.96. The second-order valence-corrected chi connectivity index (χ2v) is 7.52. The van der Waals surface area contributed by atoms with Gasteiger partial charge in [0.15, 0.2) is 0 Å². The van der Waals surface area contributed by atoms with Crippen molar-refractivity contribution in [2.75, 3.05) is 26.2 Å². The van der Waals surface area contributed by atoms with Gasteiger partial charge in [-0.15, -0.1) is 0 Å². The van der Waals surface area contributed by atoms with Crippen LogP contribution in [0.25, 0.3) is 0 Å². The molecule has 1 aliphatic rings. The topological polar surface area (TPSA) is 20.0 Å². The smallest absolute Gasteiger partial charge is 0.103 e. The summed E-state index contributed by atoms with van der Waals surface area (Å²) in [4.78, 5) is 1.65. The highest BCUT2D eigenvalue weighted by molar-refractivity contribution is 9.10. The molecule has 1 aliphatic heterocycles. The number of piperazine rings is 1. The Balaban J connectivity index is 1.51. The minimum Gasteiger partial charge on any atom is -0.328 e. The molecular formula is C20H25BrN3+. The molecule has 1 heterocycles. The van der Waals surface area contributed by atoms with E-state index in [9.17, 15) is 0 Å². The van der Waals surface area contributed by atoms with Crippen LogP contribution in [0, 0.1) is 13.8 Å². The van der Waals surface area contributed by atoms with E-state index in [-0.39, 0.29) is 0 Å². The molecule has 0 amide bonds. The van der Waals surface area contributed by atoms with E-state index in [1.807, 2.05) is 18.3 Å². The van der Waals surface area contributed by atoms with E-state index >= 15 is 0 Å². The zero-order chi connectivity index (χ0) is 16.9. The zero-order valence-electron chi connectivity index (χ0n) is 14.4. The summed E-state index contributed by atoms with van der Waals surface area (Å²) in [6.45, 7) is 9.83. The molecule has 0 radical (unpaired) electrons. The summed E-state index contributed by atoms with van der Waals surface area (Å²) in [5.74, 6) is 0. The van der Waals surface area contributed by atoms with Crippen LogP contribution in [0.2, 0.25) is 0 Å². The molecule has 0 aromatic heterocycles. The molecule has 0 atom stereocenters. The lowest BCUT2D eigenvalue weighted by Crippen LogP contribution is -3.13. The summed E-state index contributed by atoms with van der Waals surface area (Å²) < 4.78 is 1.10. The predicted molar refractivity (Wildman–Crippen MR) is 104 cm³/mol. The van der Waals surface area contributed by atoms with Crippen LogP contribution in [0.15, 0.2) is 52.0 Å². The van der Waals surface area contributed by atoms with E-state index in [1.54, 1.807) is 4.90 Å². The highest BCUT2D eigenvalue weighted by Gasteiger charge is 2.19. The van der Waals surface area contributed by atoms with E-state index in [4.69, 9.17) is 0 Å². The molecule has 0 aliphatic carbocycles. The van der Waals surface area contributed by atoms with Gasteiger partial charge in [0.05, 0.1) is 32.4 Å². The Labute approximate surface area is 153 Å². The Bertz CT molecular complexity index is 701. The van der Waals surface area contributed by atoms with Crippen molar-refractivity contribution in [3.63, 3.8) is 0 Å². The molecule has 0 saturated carbocycles. The van der Waals surface area contributed by atoms with Crippen LogP contribution in [0.1, 0.15) is 22.3 Å². The molecule has 3 rings (SSSR count). The Morgan fingerprint density at radius 3 is 2.46 bits per heavy atom. The van der Waals surface area contributed by atoms with E-state index in [0.29, 0.717) is 0 Å². The standard InChI is InChI=1S/C20H24BrN3/c1-16-3-6-19(17(2)13-16)15-23-9-11-24(12-10-23)22-14-18-4-7-20(21)8-5-18/h3-8,13-14H,9-12,15H2,1-2H3/p+1/b22-14-. The molecule has 2 aromatic carbocycles. The number of quaternary nitrogens is 1. The number of benzene rings is 2. The van der Waals surface area contributed by atoms with E-state index in [1.165, 1.54) is 16.7 Å². The van der Waals surface area contributed by atoms with Gasteiger partial charge >= 0.3 is 0 Å². The first-order valence-electron chi connectivity index (χ1n) is 8.54. The van der Waals surface area contributed by atoms with E-state index in [0.717, 1.165) is 42.8 Å². The molecule has 4 heteroatoms. The lowest BCUT2D eigenvalue weighted by atomic mass is 10.1. The first kappa shape index (κ1) is 17.2. The van der Waals surface area contributed by atoms with Crippen molar-refractivity contribution in [1.29, 1.82) is 0 Å². The number of halogens is 1. The van der Waals surface area contributed by atoms with E-state index in [2.05, 4.69) is 70.2 Å². The van der Waals surface area contributed by atoms with Crippen molar-refractivity contribution in [2.24, 2.45) is 5.10 Å². The SMILES string of the molecule is Cc1ccc(C[NH+]2CCN(/N=C\c3ccc(Br)cc3)CC2)c(C)c1. The second-order valence-electron chi connectivity index (χ2n) is 6.61. The largest absolute Gasteiger partial charge is 0.328 e. The highest BCUT2D eigenvalue weighted by atomic mass is 79.9. The second kappa shape index (κ2) is 7.95. The average molecular weight is 387 g/mol. The van der Waals surface area contributed by atoms with Gasteiger partial charge in [0.25, 0.3) is 0 Å². The number of aryl methyl sites for hydroxylation is 2. The fraction of sp³-hybridized carbons (Fsp3) is 0.350. The summed E-state index contributed by atoms with van der Waals surface area (Å²) in [5.41, 5.74) is 5.38. The number of nitrogens with zero attached hydrogens (tertiary/aromatic N) is 2. The quantitative estimate of drug-likeness (QED) is 0.800. The van der Waals surface area contributed by atoms with Gasteiger partial charge in [0.1, 0.15) is 6.54 Å². The van der Waals surface area contributed by atoms with Gasteiger partial charge in [-0.05, 0) is 37.1 Å². The van der Waals surface area contributed by atoms with Gasteiger partial charge in [-0.25, -0.2) is 0 Å². The Morgan fingerprint density at radius 2 is 1.79 bits per heavy atom. The summed E-state index contributed by atoms with van der Waals surface area (Å²) in [6, 6.07) is 15.1. The van der Waals surface area contributed by atoms with Crippen molar-refractivity contribution in [1.82, 2.24) is 5.01 Å². The normalized spacial score (nSPS) is 16.0. The van der Waals surface area contributed by atoms with Gasteiger partial charge in [-0.3, -0.25) is 5.01 Å². The third-order valence-corrected chi connectivity index (χ3v) is 5.15. The van der Waals surface area contributed by atoms with Crippen molar-refractivity contribution >= 4 is 22.1 Å². The third-order valence-electron chi connectivity index (χ3n) is 4.63. The van der Waals surface area contributed by atoms with Crippen LogP contribution in [0.3, 0.4) is 0 Å². The fourth-order valence-electron chi connectivity index (χ4n) is 3.11. The molecule has 1 saturated heterocycles. The van der Waals surface area contributed by atoms with Crippen molar-refractivity contribution in [2.45, 2.75) is 20.4 Å². The monoisotopic (exact) mass is 386 g/mol. The number of hydrazone groups is 1. The molecule has 0 bridgehead atoms. The first-order chi connectivity index (χ1) is 11.6. The molecule has 0 unspecified atom stereocenters. The van der Waals surface area contributed by atoms with Gasteiger partial charge < -0.3 is 4.90 Å². The zero-order valence-corrected chi connectivity index (χ0v) is 16.0. The maximum absolute atomic E-state index is 4.63. The van der Waals surface area contributed by atoms with Crippen LogP contribution in [-0.4, -0.2) is 37.4 Å². The minimum absolute atomic E-state index is 1.02. The number of hydrogen-bond acceptors (Lipinski definition) is 2. The number of hydrogen-bond donors (Lipinski definition) is 1. The van der Waals surface area contributed by atoms with Crippen molar-refractivity contribution in [3.8, 4) is 0 Å². The number of nitrogens with one attached hydrogen (secondary N) is 1. The third kappa shape index (κ3) is 4.68. The van der Waals surface area contributed by atoms with Crippen LogP contribution in [0.5, 0.6) is 0 Å². The molecule has 1 N–H and O–H groups in total. The van der Waals surface area contributed by atoms with Crippen LogP contribution >= 0.6 is 15.9 Å². The summed E-state index contributed by atoms with van der Waals surface area (Å²) in [5, 5.41) is 6.82. The predicted octanol–water partition coefficient (Wildman–Crippen LogP) is 2.80. The van der Waals surface area contributed by atoms with Crippen LogP contribution < -0.4 is 4.90 Å². The average Bonchev–Trinajstić information content (AvgIpc) is 2.58. The van der Waals surface area contributed by atoms with Gasteiger partial charge in [-0.2, -0.15) is 5.10 Å². The Hall–Kier alpha value is -1.65. The summed E-state index contributed by atoms with van der Waals surface area (Å²) >= 11 is 3.46. The van der Waals surface area contributed by atoms with Gasteiger partial charge in [0, 0.05) is 10.0 Å². The lowest BCUT2D eigenvalue weighted by Gasteiger charge is -2.30. The molecule has 2 aromatic rings.